The van der Waals surface area contributed by atoms with Gasteiger partial charge >= 0.3 is 0 Å². The summed E-state index contributed by atoms with van der Waals surface area (Å²) in [5, 5.41) is 7.17. The Morgan fingerprint density at radius 1 is 1.09 bits per heavy atom. The number of carbonyl (C=O) groups excluding carboxylic acids is 1. The minimum Gasteiger partial charge on any atom is -0.326 e. The van der Waals surface area contributed by atoms with Gasteiger partial charge in [-0.3, -0.25) is 4.79 Å². The second kappa shape index (κ2) is 6.48. The maximum Gasteiger partial charge on any atom is 0.228 e. The van der Waals surface area contributed by atoms with Crippen molar-refractivity contribution in [3.63, 3.8) is 0 Å². The maximum atomic E-state index is 12.2. The molecule has 4 nitrogen and oxygen atoms in total. The number of anilines is 1. The fourth-order valence-corrected chi connectivity index (χ4v) is 2.45. The minimum atomic E-state index is -0.00876. The first kappa shape index (κ1) is 15.0. The fraction of sp³-hybridized carbons (Fsp3) is 0.158. The van der Waals surface area contributed by atoms with Gasteiger partial charge in [-0.15, -0.1) is 0 Å². The second-order valence-corrected chi connectivity index (χ2v) is 5.59. The van der Waals surface area contributed by atoms with Crippen molar-refractivity contribution in [3.8, 4) is 5.69 Å². The van der Waals surface area contributed by atoms with Gasteiger partial charge in [0.2, 0.25) is 5.91 Å². The quantitative estimate of drug-likeness (QED) is 0.799. The first-order valence-corrected chi connectivity index (χ1v) is 7.58. The summed E-state index contributed by atoms with van der Waals surface area (Å²) < 4.78 is 1.79. The van der Waals surface area contributed by atoms with E-state index in [-0.39, 0.29) is 5.91 Å². The summed E-state index contributed by atoms with van der Waals surface area (Å²) in [6.45, 7) is 4.06. The smallest absolute Gasteiger partial charge is 0.228 e. The molecule has 0 atom stereocenters. The third-order valence-electron chi connectivity index (χ3n) is 3.95. The molecule has 0 fully saturated rings. The van der Waals surface area contributed by atoms with Crippen LogP contribution in [0.5, 0.6) is 0 Å². The Labute approximate surface area is 135 Å². The highest BCUT2D eigenvalue weighted by molar-refractivity contribution is 5.93. The lowest BCUT2D eigenvalue weighted by Gasteiger charge is -2.10. The molecule has 1 N–H and O–H groups in total. The van der Waals surface area contributed by atoms with Crippen LogP contribution in [0.4, 0.5) is 5.69 Å². The van der Waals surface area contributed by atoms with Gasteiger partial charge in [-0.25, -0.2) is 4.68 Å². The molecule has 4 heteroatoms. The molecule has 3 rings (SSSR count). The molecule has 2 aromatic carbocycles. The Kier molecular flexibility index (Phi) is 4.24. The van der Waals surface area contributed by atoms with Crippen LogP contribution in [0.2, 0.25) is 0 Å². The number of amides is 1. The topological polar surface area (TPSA) is 46.9 Å². The molecule has 116 valence electrons. The number of hydrogen-bond donors (Lipinski definition) is 1. The summed E-state index contributed by atoms with van der Waals surface area (Å²) in [6, 6.07) is 15.7. The zero-order chi connectivity index (χ0) is 16.2. The molecule has 0 aliphatic carbocycles. The molecule has 0 aliphatic heterocycles. The largest absolute Gasteiger partial charge is 0.326 e. The minimum absolute atomic E-state index is 0.00876. The number of benzene rings is 2. The van der Waals surface area contributed by atoms with Crippen molar-refractivity contribution in [1.82, 2.24) is 9.78 Å². The maximum absolute atomic E-state index is 12.2. The van der Waals surface area contributed by atoms with Crippen LogP contribution in [-0.2, 0) is 11.2 Å². The van der Waals surface area contributed by atoms with Crippen LogP contribution < -0.4 is 5.32 Å². The van der Waals surface area contributed by atoms with Crippen LogP contribution in [0.15, 0.2) is 60.9 Å². The summed E-state index contributed by atoms with van der Waals surface area (Å²) >= 11 is 0. The molecule has 0 unspecified atom stereocenters. The van der Waals surface area contributed by atoms with E-state index in [9.17, 15) is 4.79 Å². The highest BCUT2D eigenvalue weighted by Crippen LogP contribution is 2.18. The first-order valence-electron chi connectivity index (χ1n) is 7.58. The summed E-state index contributed by atoms with van der Waals surface area (Å²) in [7, 11) is 0. The lowest BCUT2D eigenvalue weighted by atomic mass is 10.1. The third kappa shape index (κ3) is 3.48. The van der Waals surface area contributed by atoms with Crippen molar-refractivity contribution in [3.05, 3.63) is 77.6 Å². The highest BCUT2D eigenvalue weighted by atomic mass is 16.1. The average Bonchev–Trinajstić information content (AvgIpc) is 3.07. The highest BCUT2D eigenvalue weighted by Gasteiger charge is 2.07. The van der Waals surface area contributed by atoms with Crippen molar-refractivity contribution in [1.29, 1.82) is 0 Å². The molecule has 23 heavy (non-hydrogen) atoms. The van der Waals surface area contributed by atoms with Gasteiger partial charge in [0.15, 0.2) is 0 Å². The number of rotatable bonds is 4. The van der Waals surface area contributed by atoms with E-state index in [4.69, 9.17) is 0 Å². The molecule has 1 aromatic heterocycles. The monoisotopic (exact) mass is 305 g/mol. The van der Waals surface area contributed by atoms with Crippen molar-refractivity contribution < 1.29 is 4.79 Å². The number of hydrogen-bond acceptors (Lipinski definition) is 2. The van der Waals surface area contributed by atoms with Crippen LogP contribution in [0.1, 0.15) is 16.7 Å². The normalized spacial score (nSPS) is 10.5. The van der Waals surface area contributed by atoms with Gasteiger partial charge in [0.25, 0.3) is 0 Å². The van der Waals surface area contributed by atoms with Crippen molar-refractivity contribution in [2.24, 2.45) is 0 Å². The Hall–Kier alpha value is -2.88. The van der Waals surface area contributed by atoms with E-state index in [0.29, 0.717) is 6.42 Å². The molecule has 1 heterocycles. The van der Waals surface area contributed by atoms with Crippen molar-refractivity contribution in [2.45, 2.75) is 20.3 Å². The summed E-state index contributed by atoms with van der Waals surface area (Å²) in [5.74, 6) is -0.00876. The molecule has 0 saturated heterocycles. The van der Waals surface area contributed by atoms with E-state index in [1.54, 1.807) is 10.9 Å². The summed E-state index contributed by atoms with van der Waals surface area (Å²) in [5.41, 5.74) is 5.11. The van der Waals surface area contributed by atoms with Crippen molar-refractivity contribution >= 4 is 11.6 Å². The molecule has 0 radical (unpaired) electrons. The Morgan fingerprint density at radius 3 is 2.57 bits per heavy atom. The molecule has 3 aromatic rings. The van der Waals surface area contributed by atoms with Gasteiger partial charge in [-0.05, 0) is 54.8 Å². The van der Waals surface area contributed by atoms with Gasteiger partial charge in [0.1, 0.15) is 0 Å². The predicted molar refractivity (Wildman–Crippen MR) is 91.8 cm³/mol. The second-order valence-electron chi connectivity index (χ2n) is 5.59. The van der Waals surface area contributed by atoms with Gasteiger partial charge in [-0.1, -0.05) is 24.3 Å². The van der Waals surface area contributed by atoms with Crippen LogP contribution >= 0.6 is 0 Å². The summed E-state index contributed by atoms with van der Waals surface area (Å²) in [6.07, 6.45) is 3.99. The lowest BCUT2D eigenvalue weighted by molar-refractivity contribution is -0.115. The Balaban J connectivity index is 1.67. The standard InChI is InChI=1S/C19H19N3O/c1-14-5-3-6-18(15(14)2)21-19(23)13-16-7-9-17(10-8-16)22-12-4-11-20-22/h3-12H,13H2,1-2H3,(H,21,23). The molecule has 0 aliphatic rings. The lowest BCUT2D eigenvalue weighted by Crippen LogP contribution is -2.15. The summed E-state index contributed by atoms with van der Waals surface area (Å²) in [4.78, 5) is 12.2. The first-order chi connectivity index (χ1) is 11.1. The predicted octanol–water partition coefficient (Wildman–Crippen LogP) is 3.67. The van der Waals surface area contributed by atoms with E-state index >= 15 is 0 Å². The number of nitrogens with zero attached hydrogens (tertiary/aromatic N) is 2. The van der Waals surface area contributed by atoms with Crippen LogP contribution in [0, 0.1) is 13.8 Å². The zero-order valence-corrected chi connectivity index (χ0v) is 13.3. The molecule has 0 spiro atoms. The van der Waals surface area contributed by atoms with E-state index < -0.39 is 0 Å². The number of aryl methyl sites for hydroxylation is 1. The van der Waals surface area contributed by atoms with Gasteiger partial charge in [0.05, 0.1) is 12.1 Å². The van der Waals surface area contributed by atoms with E-state index in [2.05, 4.69) is 10.4 Å². The molecule has 0 saturated carbocycles. The molecular weight excluding hydrogens is 286 g/mol. The third-order valence-corrected chi connectivity index (χ3v) is 3.95. The Bertz CT molecular complexity index is 805. The zero-order valence-electron chi connectivity index (χ0n) is 13.3. The van der Waals surface area contributed by atoms with Crippen molar-refractivity contribution in [2.75, 3.05) is 5.32 Å². The van der Waals surface area contributed by atoms with Crippen LogP contribution in [-0.4, -0.2) is 15.7 Å². The number of nitrogens with one attached hydrogen (secondary N) is 1. The van der Waals surface area contributed by atoms with Gasteiger partial charge in [0, 0.05) is 18.1 Å². The molecular formula is C19H19N3O. The Morgan fingerprint density at radius 2 is 1.87 bits per heavy atom. The molecule has 0 bridgehead atoms. The fourth-order valence-electron chi connectivity index (χ4n) is 2.45. The van der Waals surface area contributed by atoms with Crippen LogP contribution in [0.3, 0.4) is 0 Å². The number of carbonyl (C=O) groups is 1. The van der Waals surface area contributed by atoms with Crippen LogP contribution in [0.25, 0.3) is 5.69 Å². The van der Waals surface area contributed by atoms with E-state index in [1.165, 1.54) is 5.56 Å². The van der Waals surface area contributed by atoms with E-state index in [0.717, 1.165) is 22.5 Å². The average molecular weight is 305 g/mol. The molecule has 1 amide bonds. The number of aromatic nitrogens is 2. The van der Waals surface area contributed by atoms with Gasteiger partial charge in [-0.2, -0.15) is 5.10 Å². The SMILES string of the molecule is Cc1cccc(NC(=O)Cc2ccc(-n3cccn3)cc2)c1C. The van der Waals surface area contributed by atoms with E-state index in [1.807, 2.05) is 68.6 Å². The van der Waals surface area contributed by atoms with Gasteiger partial charge < -0.3 is 5.32 Å².